The van der Waals surface area contributed by atoms with E-state index in [1.807, 2.05) is 84.3 Å². The summed E-state index contributed by atoms with van der Waals surface area (Å²) in [5, 5.41) is 5.92. The Balaban J connectivity index is 1.60. The summed E-state index contributed by atoms with van der Waals surface area (Å²) >= 11 is 8.07. The molecule has 0 saturated heterocycles. The SMILES string of the molecule is O=C(c1cccc(Nc2cccc(-c3ccccc3)c2Cl)c1)N1CC=CS1. The van der Waals surface area contributed by atoms with Crippen molar-refractivity contribution in [2.24, 2.45) is 0 Å². The topological polar surface area (TPSA) is 32.3 Å². The zero-order valence-electron chi connectivity index (χ0n) is 14.4. The van der Waals surface area contributed by atoms with Gasteiger partial charge in [-0.2, -0.15) is 0 Å². The molecule has 3 aromatic rings. The predicted molar refractivity (Wildman–Crippen MR) is 114 cm³/mol. The first-order chi connectivity index (χ1) is 13.2. The minimum atomic E-state index is -0.00205. The molecule has 1 N–H and O–H groups in total. The molecule has 0 radical (unpaired) electrons. The molecule has 3 aromatic carbocycles. The largest absolute Gasteiger partial charge is 0.354 e. The number of nitrogens with one attached hydrogen (secondary N) is 1. The first-order valence-corrected chi connectivity index (χ1v) is 9.78. The molecule has 4 rings (SSSR count). The van der Waals surface area contributed by atoms with Crippen molar-refractivity contribution in [3.63, 3.8) is 0 Å². The molecule has 0 aliphatic carbocycles. The lowest BCUT2D eigenvalue weighted by Crippen LogP contribution is -2.21. The fourth-order valence-electron chi connectivity index (χ4n) is 2.93. The van der Waals surface area contributed by atoms with E-state index in [9.17, 15) is 4.79 Å². The maximum absolute atomic E-state index is 12.6. The van der Waals surface area contributed by atoms with E-state index >= 15 is 0 Å². The van der Waals surface area contributed by atoms with E-state index in [0.717, 1.165) is 22.5 Å². The summed E-state index contributed by atoms with van der Waals surface area (Å²) in [6.45, 7) is 0.631. The fraction of sp³-hybridized carbons (Fsp3) is 0.0455. The molecular weight excluding hydrogens is 376 g/mol. The van der Waals surface area contributed by atoms with Crippen LogP contribution in [0.2, 0.25) is 5.02 Å². The number of carbonyl (C=O) groups excluding carboxylic acids is 1. The van der Waals surface area contributed by atoms with Gasteiger partial charge in [-0.25, -0.2) is 0 Å². The van der Waals surface area contributed by atoms with E-state index < -0.39 is 0 Å². The van der Waals surface area contributed by atoms with E-state index in [2.05, 4.69) is 5.32 Å². The van der Waals surface area contributed by atoms with Gasteiger partial charge < -0.3 is 5.32 Å². The molecule has 0 aromatic heterocycles. The molecule has 5 heteroatoms. The second kappa shape index (κ2) is 7.91. The predicted octanol–water partition coefficient (Wildman–Crippen LogP) is 6.37. The minimum absolute atomic E-state index is 0.00205. The molecule has 0 bridgehead atoms. The highest BCUT2D eigenvalue weighted by Crippen LogP contribution is 2.35. The zero-order chi connectivity index (χ0) is 18.6. The van der Waals surface area contributed by atoms with Gasteiger partial charge in [0.15, 0.2) is 0 Å². The molecule has 0 saturated carbocycles. The van der Waals surface area contributed by atoms with Gasteiger partial charge in [0.1, 0.15) is 0 Å². The highest BCUT2D eigenvalue weighted by molar-refractivity contribution is 8.00. The van der Waals surface area contributed by atoms with Crippen LogP contribution in [-0.4, -0.2) is 16.8 Å². The Morgan fingerprint density at radius 2 is 1.81 bits per heavy atom. The van der Waals surface area contributed by atoms with E-state index in [-0.39, 0.29) is 5.91 Å². The Bertz CT molecular complexity index is 996. The number of nitrogens with zero attached hydrogens (tertiary/aromatic N) is 1. The number of benzene rings is 3. The summed E-state index contributed by atoms with van der Waals surface area (Å²) < 4.78 is 1.72. The van der Waals surface area contributed by atoms with Crippen molar-refractivity contribution in [2.45, 2.75) is 0 Å². The quantitative estimate of drug-likeness (QED) is 0.523. The van der Waals surface area contributed by atoms with Crippen LogP contribution in [0.4, 0.5) is 11.4 Å². The number of hydrogen-bond donors (Lipinski definition) is 1. The molecule has 0 atom stereocenters. The average molecular weight is 393 g/mol. The Morgan fingerprint density at radius 1 is 1.00 bits per heavy atom. The third kappa shape index (κ3) is 3.87. The first kappa shape index (κ1) is 17.7. The van der Waals surface area contributed by atoms with Gasteiger partial charge in [-0.15, -0.1) is 0 Å². The summed E-state index contributed by atoms with van der Waals surface area (Å²) in [5.74, 6) is -0.00205. The molecule has 0 fully saturated rings. The van der Waals surface area contributed by atoms with Crippen LogP contribution in [-0.2, 0) is 0 Å². The molecule has 0 unspecified atom stereocenters. The van der Waals surface area contributed by atoms with E-state index in [1.54, 1.807) is 4.31 Å². The van der Waals surface area contributed by atoms with E-state index in [4.69, 9.17) is 11.6 Å². The van der Waals surface area contributed by atoms with Gasteiger partial charge in [0.2, 0.25) is 0 Å². The van der Waals surface area contributed by atoms with Crippen LogP contribution in [0.3, 0.4) is 0 Å². The van der Waals surface area contributed by atoms with E-state index in [0.29, 0.717) is 17.1 Å². The fourth-order valence-corrected chi connectivity index (χ4v) is 3.90. The Labute approximate surface area is 167 Å². The standard InChI is InChI=1S/C22H17ClN2OS/c23-21-19(16-7-2-1-3-8-16)11-5-12-20(21)24-18-10-4-9-17(15-18)22(26)25-13-6-14-27-25/h1-12,14-15,24H,13H2. The summed E-state index contributed by atoms with van der Waals surface area (Å²) in [6, 6.07) is 23.4. The summed E-state index contributed by atoms with van der Waals surface area (Å²) in [4.78, 5) is 12.6. The third-order valence-corrected chi connectivity index (χ3v) is 5.54. The molecule has 1 heterocycles. The Hall–Kier alpha value is -2.69. The van der Waals surface area contributed by atoms with E-state index in [1.165, 1.54) is 11.9 Å². The lowest BCUT2D eigenvalue weighted by Gasteiger charge is -2.15. The maximum Gasteiger partial charge on any atom is 0.264 e. The van der Waals surface area contributed by atoms with Gasteiger partial charge in [0, 0.05) is 16.8 Å². The van der Waals surface area contributed by atoms with Gasteiger partial charge in [-0.3, -0.25) is 9.10 Å². The van der Waals surface area contributed by atoms with Crippen molar-refractivity contribution in [1.29, 1.82) is 0 Å². The highest BCUT2D eigenvalue weighted by Gasteiger charge is 2.18. The number of carbonyl (C=O) groups is 1. The number of hydrogen-bond acceptors (Lipinski definition) is 3. The molecule has 1 aliphatic rings. The number of amides is 1. The van der Waals surface area contributed by atoms with Gasteiger partial charge in [0.05, 0.1) is 17.3 Å². The van der Waals surface area contributed by atoms with Crippen LogP contribution >= 0.6 is 23.5 Å². The maximum atomic E-state index is 12.6. The second-order valence-electron chi connectivity index (χ2n) is 6.08. The monoisotopic (exact) mass is 392 g/mol. The van der Waals surface area contributed by atoms with Crippen LogP contribution < -0.4 is 5.32 Å². The van der Waals surface area contributed by atoms with Gasteiger partial charge >= 0.3 is 0 Å². The smallest absolute Gasteiger partial charge is 0.264 e. The average Bonchev–Trinajstić information content (AvgIpc) is 3.25. The van der Waals surface area contributed by atoms with Crippen molar-refractivity contribution < 1.29 is 4.79 Å². The molecule has 0 spiro atoms. The third-order valence-electron chi connectivity index (χ3n) is 4.25. The normalized spacial score (nSPS) is 13.0. The van der Waals surface area contributed by atoms with Crippen LogP contribution in [0.1, 0.15) is 10.4 Å². The van der Waals surface area contributed by atoms with Gasteiger partial charge in [-0.05, 0) is 47.2 Å². The van der Waals surface area contributed by atoms with Crippen LogP contribution in [0.25, 0.3) is 11.1 Å². The lowest BCUT2D eigenvalue weighted by atomic mass is 10.0. The number of halogens is 1. The number of anilines is 2. The lowest BCUT2D eigenvalue weighted by molar-refractivity contribution is 0.0883. The van der Waals surface area contributed by atoms with Crippen LogP contribution in [0.15, 0.2) is 84.3 Å². The summed E-state index contributed by atoms with van der Waals surface area (Å²) in [7, 11) is 0. The first-order valence-electron chi connectivity index (χ1n) is 8.57. The Morgan fingerprint density at radius 3 is 2.59 bits per heavy atom. The summed E-state index contributed by atoms with van der Waals surface area (Å²) in [5.41, 5.74) is 4.30. The van der Waals surface area contributed by atoms with Crippen LogP contribution in [0, 0.1) is 0 Å². The molecule has 27 heavy (non-hydrogen) atoms. The zero-order valence-corrected chi connectivity index (χ0v) is 16.0. The Kier molecular flexibility index (Phi) is 5.19. The molecule has 134 valence electrons. The van der Waals surface area contributed by atoms with Crippen molar-refractivity contribution in [3.8, 4) is 11.1 Å². The van der Waals surface area contributed by atoms with Gasteiger partial charge in [-0.1, -0.05) is 66.2 Å². The molecule has 3 nitrogen and oxygen atoms in total. The second-order valence-corrected chi connectivity index (χ2v) is 7.38. The van der Waals surface area contributed by atoms with Crippen LogP contribution in [0.5, 0.6) is 0 Å². The highest BCUT2D eigenvalue weighted by atomic mass is 35.5. The molecule has 1 aliphatic heterocycles. The molecular formula is C22H17ClN2OS. The van der Waals surface area contributed by atoms with Gasteiger partial charge in [0.25, 0.3) is 5.91 Å². The van der Waals surface area contributed by atoms with Crippen molar-refractivity contribution >= 4 is 40.8 Å². The van der Waals surface area contributed by atoms with Crippen molar-refractivity contribution in [3.05, 3.63) is 94.9 Å². The number of rotatable bonds is 4. The minimum Gasteiger partial charge on any atom is -0.354 e. The summed E-state index contributed by atoms with van der Waals surface area (Å²) in [6.07, 6.45) is 1.97. The van der Waals surface area contributed by atoms with Crippen molar-refractivity contribution in [2.75, 3.05) is 11.9 Å². The molecule has 1 amide bonds. The van der Waals surface area contributed by atoms with Crippen molar-refractivity contribution in [1.82, 2.24) is 4.31 Å².